The number of nitrogens with one attached hydrogen (secondary N) is 1. The van der Waals surface area contributed by atoms with Crippen molar-refractivity contribution in [1.82, 2.24) is 10.2 Å². The van der Waals surface area contributed by atoms with E-state index in [0.29, 0.717) is 11.1 Å². The number of hydrogen-bond acceptors (Lipinski definition) is 2. The Labute approximate surface area is 102 Å². The lowest BCUT2D eigenvalue weighted by atomic mass is 9.89. The van der Waals surface area contributed by atoms with Crippen molar-refractivity contribution in [2.75, 3.05) is 19.6 Å². The molecule has 1 aliphatic rings. The lowest BCUT2D eigenvalue weighted by molar-refractivity contribution is 0.0863. The second-order valence-electron chi connectivity index (χ2n) is 5.86. The second-order valence-corrected chi connectivity index (χ2v) is 5.86. The van der Waals surface area contributed by atoms with Crippen LogP contribution in [0.1, 0.15) is 60.3 Å². The van der Waals surface area contributed by atoms with Gasteiger partial charge in [-0.2, -0.15) is 0 Å². The summed E-state index contributed by atoms with van der Waals surface area (Å²) in [6.07, 6.45) is 4.99. The molecule has 0 amide bonds. The predicted octanol–water partition coefficient (Wildman–Crippen LogP) is 3.03. The van der Waals surface area contributed by atoms with Crippen molar-refractivity contribution < 1.29 is 0 Å². The van der Waals surface area contributed by atoms with E-state index in [0.717, 1.165) is 0 Å². The van der Waals surface area contributed by atoms with Crippen LogP contribution in [0.5, 0.6) is 0 Å². The molecule has 1 aliphatic heterocycles. The van der Waals surface area contributed by atoms with Gasteiger partial charge in [0.2, 0.25) is 0 Å². The Morgan fingerprint density at radius 2 is 1.81 bits per heavy atom. The first-order valence-corrected chi connectivity index (χ1v) is 7.00. The van der Waals surface area contributed by atoms with Gasteiger partial charge in [0, 0.05) is 17.6 Å². The van der Waals surface area contributed by atoms with E-state index in [2.05, 4.69) is 44.8 Å². The van der Waals surface area contributed by atoms with Crippen molar-refractivity contribution in [2.24, 2.45) is 0 Å². The highest BCUT2D eigenvalue weighted by Gasteiger charge is 2.35. The van der Waals surface area contributed by atoms with Crippen molar-refractivity contribution >= 4 is 0 Å². The molecule has 1 rings (SSSR count). The molecule has 0 spiro atoms. The molecule has 1 heterocycles. The van der Waals surface area contributed by atoms with Gasteiger partial charge in [-0.05, 0) is 52.6 Å². The lowest BCUT2D eigenvalue weighted by Crippen LogP contribution is -2.55. The van der Waals surface area contributed by atoms with Crippen LogP contribution in [0, 0.1) is 0 Å². The monoisotopic (exact) mass is 226 g/mol. The summed E-state index contributed by atoms with van der Waals surface area (Å²) in [5.41, 5.74) is 0.699. The van der Waals surface area contributed by atoms with Crippen molar-refractivity contribution in [2.45, 2.75) is 71.4 Å². The molecule has 0 atom stereocenters. The van der Waals surface area contributed by atoms with Crippen LogP contribution < -0.4 is 5.32 Å². The van der Waals surface area contributed by atoms with Crippen LogP contribution in [0.4, 0.5) is 0 Å². The molecule has 96 valence electrons. The fourth-order valence-electron chi connectivity index (χ4n) is 2.59. The maximum absolute atomic E-state index is 3.78. The molecule has 0 aromatic carbocycles. The van der Waals surface area contributed by atoms with E-state index in [9.17, 15) is 0 Å². The van der Waals surface area contributed by atoms with E-state index < -0.39 is 0 Å². The molecule has 0 bridgehead atoms. The Morgan fingerprint density at radius 1 is 1.19 bits per heavy atom. The highest BCUT2D eigenvalue weighted by molar-refractivity contribution is 4.95. The first-order valence-electron chi connectivity index (χ1n) is 7.00. The fraction of sp³-hybridized carbons (Fsp3) is 1.00. The minimum absolute atomic E-state index is 0.349. The van der Waals surface area contributed by atoms with Gasteiger partial charge in [0.05, 0.1) is 0 Å². The zero-order valence-corrected chi connectivity index (χ0v) is 11.9. The second kappa shape index (κ2) is 5.50. The third-order valence-electron chi connectivity index (χ3n) is 4.67. The Morgan fingerprint density at radius 3 is 2.31 bits per heavy atom. The van der Waals surface area contributed by atoms with E-state index in [-0.39, 0.29) is 0 Å². The van der Waals surface area contributed by atoms with Gasteiger partial charge in [-0.1, -0.05) is 20.8 Å². The molecule has 1 saturated heterocycles. The minimum Gasteiger partial charge on any atom is -0.310 e. The molecule has 1 N–H and O–H groups in total. The van der Waals surface area contributed by atoms with Gasteiger partial charge in [0.1, 0.15) is 0 Å². The van der Waals surface area contributed by atoms with E-state index in [1.165, 1.54) is 45.3 Å². The molecule has 0 aromatic heterocycles. The van der Waals surface area contributed by atoms with E-state index >= 15 is 0 Å². The van der Waals surface area contributed by atoms with Crippen LogP contribution >= 0.6 is 0 Å². The highest BCUT2D eigenvalue weighted by Crippen LogP contribution is 2.26. The van der Waals surface area contributed by atoms with E-state index in [4.69, 9.17) is 0 Å². The molecule has 16 heavy (non-hydrogen) atoms. The smallest absolute Gasteiger partial charge is 0.0303 e. The van der Waals surface area contributed by atoms with Gasteiger partial charge in [0.15, 0.2) is 0 Å². The molecule has 0 aliphatic carbocycles. The first-order chi connectivity index (χ1) is 7.49. The van der Waals surface area contributed by atoms with Crippen molar-refractivity contribution in [3.05, 3.63) is 0 Å². The molecule has 0 aromatic rings. The normalized spacial score (nSPS) is 23.1. The number of hydrogen-bond donors (Lipinski definition) is 1. The average Bonchev–Trinajstić information content (AvgIpc) is 2.52. The van der Waals surface area contributed by atoms with Gasteiger partial charge in [0.25, 0.3) is 0 Å². The van der Waals surface area contributed by atoms with Crippen LogP contribution in [0.2, 0.25) is 0 Å². The fourth-order valence-corrected chi connectivity index (χ4v) is 2.59. The molecule has 2 nitrogen and oxygen atoms in total. The summed E-state index contributed by atoms with van der Waals surface area (Å²) in [5.74, 6) is 0. The number of rotatable bonds is 4. The third-order valence-corrected chi connectivity index (χ3v) is 4.67. The van der Waals surface area contributed by atoms with Crippen molar-refractivity contribution in [3.63, 3.8) is 0 Å². The van der Waals surface area contributed by atoms with Crippen LogP contribution in [0.25, 0.3) is 0 Å². The van der Waals surface area contributed by atoms with Gasteiger partial charge in [-0.15, -0.1) is 0 Å². The molecular weight excluding hydrogens is 196 g/mol. The quantitative estimate of drug-likeness (QED) is 0.792. The minimum atomic E-state index is 0.349. The molecule has 1 fully saturated rings. The molecule has 0 unspecified atom stereocenters. The predicted molar refractivity (Wildman–Crippen MR) is 71.9 cm³/mol. The SMILES string of the molecule is CCC1(CC)CN(C(C)(C)CC)CCCN1. The maximum atomic E-state index is 3.78. The summed E-state index contributed by atoms with van der Waals surface area (Å²) in [5, 5.41) is 3.78. The summed E-state index contributed by atoms with van der Waals surface area (Å²) < 4.78 is 0. The summed E-state index contributed by atoms with van der Waals surface area (Å²) >= 11 is 0. The Balaban J connectivity index is 2.80. The molecular formula is C14H30N2. The Kier molecular flexibility index (Phi) is 4.81. The van der Waals surface area contributed by atoms with Crippen molar-refractivity contribution in [3.8, 4) is 0 Å². The molecule has 2 heteroatoms. The maximum Gasteiger partial charge on any atom is 0.0303 e. The zero-order valence-electron chi connectivity index (χ0n) is 11.9. The van der Waals surface area contributed by atoms with Crippen LogP contribution in [-0.4, -0.2) is 35.6 Å². The summed E-state index contributed by atoms with van der Waals surface area (Å²) in [6, 6.07) is 0. The van der Waals surface area contributed by atoms with Crippen LogP contribution in [0.3, 0.4) is 0 Å². The summed E-state index contributed by atoms with van der Waals surface area (Å²) in [4.78, 5) is 2.69. The first kappa shape index (κ1) is 14.0. The zero-order chi connectivity index (χ0) is 12.2. The summed E-state index contributed by atoms with van der Waals surface area (Å²) in [7, 11) is 0. The van der Waals surface area contributed by atoms with Gasteiger partial charge < -0.3 is 5.32 Å². The van der Waals surface area contributed by atoms with E-state index in [1.54, 1.807) is 0 Å². The van der Waals surface area contributed by atoms with Gasteiger partial charge in [-0.3, -0.25) is 4.90 Å². The van der Waals surface area contributed by atoms with Gasteiger partial charge in [-0.25, -0.2) is 0 Å². The highest BCUT2D eigenvalue weighted by atomic mass is 15.2. The number of nitrogens with zero attached hydrogens (tertiary/aromatic N) is 1. The molecule has 0 radical (unpaired) electrons. The van der Waals surface area contributed by atoms with Gasteiger partial charge >= 0.3 is 0 Å². The lowest BCUT2D eigenvalue weighted by Gasteiger charge is -2.43. The van der Waals surface area contributed by atoms with Crippen LogP contribution in [-0.2, 0) is 0 Å². The topological polar surface area (TPSA) is 15.3 Å². The average molecular weight is 226 g/mol. The van der Waals surface area contributed by atoms with E-state index in [1.807, 2.05) is 0 Å². The largest absolute Gasteiger partial charge is 0.310 e. The third kappa shape index (κ3) is 2.98. The Bertz CT molecular complexity index is 207. The van der Waals surface area contributed by atoms with Crippen LogP contribution in [0.15, 0.2) is 0 Å². The Hall–Kier alpha value is -0.0800. The summed E-state index contributed by atoms with van der Waals surface area (Å²) in [6.45, 7) is 15.3. The molecule has 0 saturated carbocycles. The van der Waals surface area contributed by atoms with Crippen molar-refractivity contribution in [1.29, 1.82) is 0 Å². The standard InChI is InChI=1S/C14H30N2/c1-6-13(4,5)16-11-9-10-15-14(7-2,8-3)12-16/h15H,6-12H2,1-5H3.